The van der Waals surface area contributed by atoms with Gasteiger partial charge in [-0.2, -0.15) is 0 Å². The van der Waals surface area contributed by atoms with E-state index in [0.717, 1.165) is 16.7 Å². The van der Waals surface area contributed by atoms with Crippen LogP contribution < -0.4 is 14.8 Å². The molecule has 0 bridgehead atoms. The molecule has 2 aliphatic rings. The second kappa shape index (κ2) is 12.5. The monoisotopic (exact) mass is 576 g/mol. The first-order valence-electron chi connectivity index (χ1n) is 13.8. The summed E-state index contributed by atoms with van der Waals surface area (Å²) in [4.78, 5) is 26.1. The first kappa shape index (κ1) is 29.5. The average molecular weight is 577 g/mol. The molecule has 2 saturated heterocycles. The van der Waals surface area contributed by atoms with E-state index in [1.54, 1.807) is 21.1 Å². The number of rotatable bonds is 10. The third kappa shape index (κ3) is 5.46. The summed E-state index contributed by atoms with van der Waals surface area (Å²) in [5.74, 6) is 0.606. The lowest BCUT2D eigenvalue weighted by Crippen LogP contribution is -2.59. The highest BCUT2D eigenvalue weighted by molar-refractivity contribution is 5.97. The second-order valence-electron chi connectivity index (χ2n) is 10.4. The van der Waals surface area contributed by atoms with Gasteiger partial charge in [-0.05, 0) is 41.0 Å². The number of benzene rings is 3. The van der Waals surface area contributed by atoms with Crippen LogP contribution in [0.4, 0.5) is 4.79 Å². The lowest BCUT2D eigenvalue weighted by molar-refractivity contribution is -0.133. The van der Waals surface area contributed by atoms with Gasteiger partial charge < -0.3 is 28.8 Å². The molecule has 2 heterocycles. The van der Waals surface area contributed by atoms with Crippen LogP contribution in [-0.2, 0) is 24.6 Å². The molecule has 10 nitrogen and oxygen atoms in total. The van der Waals surface area contributed by atoms with Gasteiger partial charge in [0.15, 0.2) is 6.23 Å². The zero-order chi connectivity index (χ0) is 29.9. The largest absolute Gasteiger partial charge is 0.497 e. The van der Waals surface area contributed by atoms with Gasteiger partial charge in [-0.3, -0.25) is 15.0 Å². The normalized spacial score (nSPS) is 24.4. The Kier molecular flexibility index (Phi) is 8.79. The van der Waals surface area contributed by atoms with Crippen molar-refractivity contribution in [1.29, 1.82) is 0 Å². The van der Waals surface area contributed by atoms with E-state index in [1.807, 2.05) is 78.9 Å². The summed E-state index contributed by atoms with van der Waals surface area (Å²) in [6.07, 6.45) is -3.72. The van der Waals surface area contributed by atoms with Gasteiger partial charge in [0.1, 0.15) is 35.4 Å². The molecule has 5 unspecified atom stereocenters. The fourth-order valence-corrected chi connectivity index (χ4v) is 5.62. The number of carbonyl (C=O) groups excluding carboxylic acids is 2. The summed E-state index contributed by atoms with van der Waals surface area (Å²) < 4.78 is 29.6. The lowest BCUT2D eigenvalue weighted by Gasteiger charge is -2.37. The molecule has 0 radical (unpaired) electrons. The molecule has 3 amide bonds. The van der Waals surface area contributed by atoms with Crippen LogP contribution in [0.25, 0.3) is 0 Å². The summed E-state index contributed by atoms with van der Waals surface area (Å²) in [7, 11) is 4.67. The number of carbonyl (C=O) groups is 2. The topological polar surface area (TPSA) is 116 Å². The number of nitrogens with one attached hydrogen (secondary N) is 1. The summed E-state index contributed by atoms with van der Waals surface area (Å²) in [6.45, 7) is 1.82. The predicted molar refractivity (Wildman–Crippen MR) is 153 cm³/mol. The summed E-state index contributed by atoms with van der Waals surface area (Å²) in [5.41, 5.74) is 1.40. The Morgan fingerprint density at radius 3 is 1.95 bits per heavy atom. The highest BCUT2D eigenvalue weighted by Gasteiger charge is 2.51. The zero-order valence-corrected chi connectivity index (χ0v) is 24.1. The quantitative estimate of drug-likeness (QED) is 0.354. The van der Waals surface area contributed by atoms with Crippen molar-refractivity contribution in [2.75, 3.05) is 34.5 Å². The van der Waals surface area contributed by atoms with Crippen molar-refractivity contribution in [3.8, 4) is 11.5 Å². The lowest BCUT2D eigenvalue weighted by atomic mass is 9.80. The van der Waals surface area contributed by atoms with E-state index in [0.29, 0.717) is 11.5 Å². The van der Waals surface area contributed by atoms with Crippen molar-refractivity contribution in [2.45, 2.75) is 37.1 Å². The number of aliphatic hydroxyl groups excluding tert-OH is 1. The molecular weight excluding hydrogens is 540 g/mol. The van der Waals surface area contributed by atoms with Crippen LogP contribution in [0.5, 0.6) is 11.5 Å². The number of aliphatic hydroxyl groups is 1. The summed E-state index contributed by atoms with van der Waals surface area (Å²) >= 11 is 0. The van der Waals surface area contributed by atoms with Gasteiger partial charge in [-0.15, -0.1) is 0 Å². The number of hydrogen-bond donors (Lipinski definition) is 2. The standard InChI is InChI=1S/C32H36N2O8/c1-20-18-34(31(37)33-29(20)36)30-28(40-4)27(35)26(42-30)19-41-32(21-8-6-5-7-9-21,22-10-14-24(38-2)15-11-22)23-12-16-25(39-3)17-13-23/h5-17,20,26-28,30,35H,18-19H2,1-4H3,(H,33,36,37). The van der Waals surface area contributed by atoms with E-state index < -0.39 is 42.1 Å². The average Bonchev–Trinajstić information content (AvgIpc) is 3.34. The molecule has 3 aromatic rings. The zero-order valence-electron chi connectivity index (χ0n) is 24.1. The van der Waals surface area contributed by atoms with Crippen LogP contribution in [0.2, 0.25) is 0 Å². The summed E-state index contributed by atoms with van der Waals surface area (Å²) in [6, 6.07) is 24.4. The third-order valence-electron chi connectivity index (χ3n) is 7.94. The molecular formula is C32H36N2O8. The molecule has 42 heavy (non-hydrogen) atoms. The Morgan fingerprint density at radius 2 is 1.43 bits per heavy atom. The molecule has 3 aromatic carbocycles. The second-order valence-corrected chi connectivity index (χ2v) is 10.4. The van der Waals surface area contributed by atoms with Crippen molar-refractivity contribution in [3.05, 3.63) is 95.6 Å². The Hall–Kier alpha value is -3.96. The van der Waals surface area contributed by atoms with E-state index in [9.17, 15) is 14.7 Å². The van der Waals surface area contributed by atoms with Crippen molar-refractivity contribution in [3.63, 3.8) is 0 Å². The van der Waals surface area contributed by atoms with Crippen LogP contribution in [0, 0.1) is 5.92 Å². The minimum atomic E-state index is -1.12. The molecule has 0 aliphatic carbocycles. The maximum Gasteiger partial charge on any atom is 0.326 e. The third-order valence-corrected chi connectivity index (χ3v) is 7.94. The van der Waals surface area contributed by atoms with Crippen molar-refractivity contribution in [2.24, 2.45) is 5.92 Å². The highest BCUT2D eigenvalue weighted by atomic mass is 16.6. The fraction of sp³-hybridized carbons (Fsp3) is 0.375. The predicted octanol–water partition coefficient (Wildman–Crippen LogP) is 3.30. The molecule has 0 spiro atoms. The first-order valence-corrected chi connectivity index (χ1v) is 13.8. The molecule has 0 aromatic heterocycles. The number of imide groups is 1. The van der Waals surface area contributed by atoms with Gasteiger partial charge in [-0.25, -0.2) is 4.79 Å². The number of nitrogens with zero attached hydrogens (tertiary/aromatic N) is 1. The smallest absolute Gasteiger partial charge is 0.326 e. The molecule has 222 valence electrons. The van der Waals surface area contributed by atoms with Gasteiger partial charge >= 0.3 is 6.03 Å². The van der Waals surface area contributed by atoms with E-state index in [2.05, 4.69) is 5.32 Å². The van der Waals surface area contributed by atoms with Gasteiger partial charge in [0, 0.05) is 13.7 Å². The Labute approximate surface area is 245 Å². The van der Waals surface area contributed by atoms with Crippen LogP contribution in [-0.4, -0.2) is 81.0 Å². The van der Waals surface area contributed by atoms with Crippen molar-refractivity contribution >= 4 is 11.9 Å². The van der Waals surface area contributed by atoms with E-state index >= 15 is 0 Å². The van der Waals surface area contributed by atoms with Crippen LogP contribution in [0.15, 0.2) is 78.9 Å². The minimum absolute atomic E-state index is 0.0472. The van der Waals surface area contributed by atoms with Crippen molar-refractivity contribution in [1.82, 2.24) is 10.2 Å². The molecule has 5 rings (SSSR count). The number of amides is 3. The Bertz CT molecular complexity index is 1320. The Balaban J connectivity index is 1.52. The van der Waals surface area contributed by atoms with E-state index in [4.69, 9.17) is 23.7 Å². The van der Waals surface area contributed by atoms with Gasteiger partial charge in [-0.1, -0.05) is 61.5 Å². The van der Waals surface area contributed by atoms with E-state index in [-0.39, 0.29) is 19.1 Å². The molecule has 2 N–H and O–H groups in total. The Morgan fingerprint density at radius 1 is 0.881 bits per heavy atom. The molecule has 2 fully saturated rings. The molecule has 10 heteroatoms. The fourth-order valence-electron chi connectivity index (χ4n) is 5.62. The minimum Gasteiger partial charge on any atom is -0.497 e. The number of urea groups is 1. The molecule has 2 aliphatic heterocycles. The van der Waals surface area contributed by atoms with Crippen molar-refractivity contribution < 1.29 is 38.4 Å². The van der Waals surface area contributed by atoms with Gasteiger partial charge in [0.25, 0.3) is 0 Å². The number of methoxy groups -OCH3 is 3. The number of hydrogen-bond acceptors (Lipinski definition) is 8. The maximum absolute atomic E-state index is 12.7. The van der Waals surface area contributed by atoms with Gasteiger partial charge in [0.05, 0.1) is 26.7 Å². The molecule has 0 saturated carbocycles. The van der Waals surface area contributed by atoms with Gasteiger partial charge in [0.2, 0.25) is 5.91 Å². The van der Waals surface area contributed by atoms with E-state index in [1.165, 1.54) is 12.0 Å². The van der Waals surface area contributed by atoms with Crippen LogP contribution in [0.3, 0.4) is 0 Å². The van der Waals surface area contributed by atoms with Crippen LogP contribution >= 0.6 is 0 Å². The van der Waals surface area contributed by atoms with Crippen LogP contribution in [0.1, 0.15) is 23.6 Å². The maximum atomic E-state index is 12.7. The first-order chi connectivity index (χ1) is 20.3. The highest BCUT2D eigenvalue weighted by Crippen LogP contribution is 2.42. The SMILES string of the molecule is COc1ccc(C(OCC2OC(N3CC(C)C(=O)NC3=O)C(OC)C2O)(c2ccccc2)c2ccc(OC)cc2)cc1. The number of ether oxygens (including phenoxy) is 5. The summed E-state index contributed by atoms with van der Waals surface area (Å²) in [5, 5.41) is 13.7. The molecule has 5 atom stereocenters.